The van der Waals surface area contributed by atoms with E-state index in [-0.39, 0.29) is 11.5 Å². The first kappa shape index (κ1) is 26.8. The van der Waals surface area contributed by atoms with Gasteiger partial charge in [-0.25, -0.2) is 4.98 Å². The van der Waals surface area contributed by atoms with E-state index >= 15 is 0 Å². The largest absolute Gasteiger partial charge is 0.481 e. The summed E-state index contributed by atoms with van der Waals surface area (Å²) in [5.74, 6) is -0.642. The van der Waals surface area contributed by atoms with E-state index in [4.69, 9.17) is 22.1 Å². The number of carbonyl (C=O) groups excluding carboxylic acids is 1. The Morgan fingerprint density at radius 3 is 2.53 bits per heavy atom. The molecule has 0 atom stereocenters. The van der Waals surface area contributed by atoms with Crippen molar-refractivity contribution in [2.45, 2.75) is 27.3 Å². The van der Waals surface area contributed by atoms with Crippen molar-refractivity contribution in [1.82, 2.24) is 14.3 Å². The molecule has 1 fully saturated rings. The van der Waals surface area contributed by atoms with Crippen molar-refractivity contribution in [3.63, 3.8) is 0 Å². The van der Waals surface area contributed by atoms with Gasteiger partial charge in [0.2, 0.25) is 0 Å². The van der Waals surface area contributed by atoms with Gasteiger partial charge in [-0.2, -0.15) is 0 Å². The second-order valence-corrected chi connectivity index (χ2v) is 9.68. The number of thioether (sulfide) groups is 1. The maximum atomic E-state index is 13.3. The van der Waals surface area contributed by atoms with Gasteiger partial charge in [-0.05, 0) is 37.1 Å². The van der Waals surface area contributed by atoms with Crippen LogP contribution in [0, 0.1) is 13.8 Å². The summed E-state index contributed by atoms with van der Waals surface area (Å²) in [7, 11) is 0. The molecular weight excluding hydrogens is 496 g/mol. The van der Waals surface area contributed by atoms with Crippen LogP contribution in [0.5, 0.6) is 0 Å². The number of aromatic nitrogens is 2. The second-order valence-electron chi connectivity index (χ2n) is 8.01. The van der Waals surface area contributed by atoms with Gasteiger partial charge >= 0.3 is 0 Å². The summed E-state index contributed by atoms with van der Waals surface area (Å²) in [4.78, 5) is 42.0. The summed E-state index contributed by atoms with van der Waals surface area (Å²) in [5.41, 5.74) is 3.64. The van der Waals surface area contributed by atoms with Crippen LogP contribution in [0.4, 0.5) is 5.82 Å². The highest BCUT2D eigenvalue weighted by molar-refractivity contribution is 8.26. The van der Waals surface area contributed by atoms with E-state index in [0.29, 0.717) is 39.3 Å². The number of benzene rings is 1. The number of carboxylic acids is 1. The van der Waals surface area contributed by atoms with Crippen molar-refractivity contribution in [2.24, 2.45) is 0 Å². The first-order valence-corrected chi connectivity index (χ1v) is 12.2. The highest BCUT2D eigenvalue weighted by atomic mass is 32.2. The molecule has 0 unspecified atom stereocenters. The summed E-state index contributed by atoms with van der Waals surface area (Å²) in [5, 5.41) is 10.5. The summed E-state index contributed by atoms with van der Waals surface area (Å²) in [6.07, 6.45) is 4.95. The number of nitrogens with zero attached hydrogens (tertiary/aromatic N) is 3. The van der Waals surface area contributed by atoms with Gasteiger partial charge in [-0.15, -0.1) is 6.58 Å². The Bertz CT molecular complexity index is 1420. The minimum Gasteiger partial charge on any atom is -0.481 e. The summed E-state index contributed by atoms with van der Waals surface area (Å²) in [6, 6.07) is 11.7. The molecule has 2 aromatic heterocycles. The molecule has 1 aliphatic heterocycles. The average Bonchev–Trinajstić information content (AvgIpc) is 3.08. The number of rotatable bonds is 6. The van der Waals surface area contributed by atoms with Gasteiger partial charge in [0.15, 0.2) is 0 Å². The van der Waals surface area contributed by atoms with Crippen molar-refractivity contribution in [3.05, 3.63) is 92.8 Å². The highest BCUT2D eigenvalue weighted by Crippen LogP contribution is 2.34. The Morgan fingerprint density at radius 2 is 1.89 bits per heavy atom. The van der Waals surface area contributed by atoms with E-state index in [9.17, 15) is 9.59 Å². The zero-order valence-electron chi connectivity index (χ0n) is 20.1. The first-order valence-electron chi connectivity index (χ1n) is 11.0. The SMILES string of the molecule is C=CCNc1nc2c(C)cccn2c(=O)c1C=C1SC(=S)N(Cc2ccc(C)cc2)C1=O.CC(=O)O. The molecule has 1 aromatic carbocycles. The van der Waals surface area contributed by atoms with Crippen molar-refractivity contribution in [2.75, 3.05) is 11.9 Å². The van der Waals surface area contributed by atoms with E-state index in [2.05, 4.69) is 16.9 Å². The Hall–Kier alpha value is -3.76. The molecule has 0 saturated carbocycles. The number of aliphatic carboxylic acids is 1. The number of nitrogens with one attached hydrogen (secondary N) is 1. The number of carboxylic acid groups (broad SMARTS) is 1. The molecule has 2 N–H and O–H groups in total. The quantitative estimate of drug-likeness (QED) is 0.279. The van der Waals surface area contributed by atoms with Crippen LogP contribution in [-0.2, 0) is 16.1 Å². The molecule has 3 aromatic rings. The minimum atomic E-state index is -0.833. The van der Waals surface area contributed by atoms with E-state index < -0.39 is 5.97 Å². The Kier molecular flexibility index (Phi) is 8.78. The molecule has 0 aliphatic carbocycles. The molecule has 1 amide bonds. The monoisotopic (exact) mass is 522 g/mol. The van der Waals surface area contributed by atoms with Gasteiger partial charge in [-0.1, -0.05) is 66.0 Å². The summed E-state index contributed by atoms with van der Waals surface area (Å²) < 4.78 is 1.96. The lowest BCUT2D eigenvalue weighted by Crippen LogP contribution is -2.27. The predicted molar refractivity (Wildman–Crippen MR) is 148 cm³/mol. The Balaban J connectivity index is 0.000000840. The van der Waals surface area contributed by atoms with Crippen LogP contribution in [0.1, 0.15) is 29.2 Å². The lowest BCUT2D eigenvalue weighted by molar-refractivity contribution is -0.134. The van der Waals surface area contributed by atoms with Crippen LogP contribution in [-0.4, -0.2) is 42.1 Å². The zero-order valence-corrected chi connectivity index (χ0v) is 21.8. The van der Waals surface area contributed by atoms with Crippen molar-refractivity contribution in [1.29, 1.82) is 0 Å². The Labute approximate surface area is 218 Å². The number of amides is 1. The van der Waals surface area contributed by atoms with Crippen LogP contribution in [0.15, 0.2) is 64.9 Å². The molecule has 1 saturated heterocycles. The molecule has 0 radical (unpaired) electrons. The number of hydrogen-bond donors (Lipinski definition) is 2. The fraction of sp³-hybridized carbons (Fsp3) is 0.192. The number of pyridine rings is 1. The normalized spacial score (nSPS) is 14.1. The number of hydrogen-bond acceptors (Lipinski definition) is 7. The van der Waals surface area contributed by atoms with Crippen molar-refractivity contribution < 1.29 is 14.7 Å². The van der Waals surface area contributed by atoms with Gasteiger partial charge in [0.05, 0.1) is 17.0 Å². The van der Waals surface area contributed by atoms with Gasteiger partial charge < -0.3 is 10.4 Å². The molecule has 10 heteroatoms. The molecule has 8 nitrogen and oxygen atoms in total. The van der Waals surface area contributed by atoms with Crippen LogP contribution >= 0.6 is 24.0 Å². The van der Waals surface area contributed by atoms with Crippen molar-refractivity contribution >= 4 is 57.7 Å². The lowest BCUT2D eigenvalue weighted by Gasteiger charge is -2.14. The summed E-state index contributed by atoms with van der Waals surface area (Å²) in [6.45, 7) is 9.53. The first-order chi connectivity index (χ1) is 17.1. The van der Waals surface area contributed by atoms with Gasteiger partial charge in [-0.3, -0.25) is 23.7 Å². The number of anilines is 1. The van der Waals surface area contributed by atoms with E-state index in [1.54, 1.807) is 29.3 Å². The number of carbonyl (C=O) groups is 2. The van der Waals surface area contributed by atoms with Crippen LogP contribution in [0.3, 0.4) is 0 Å². The smallest absolute Gasteiger partial charge is 0.300 e. The zero-order chi connectivity index (χ0) is 26.4. The van der Waals surface area contributed by atoms with E-state index in [1.807, 2.05) is 44.2 Å². The lowest BCUT2D eigenvalue weighted by atomic mass is 10.1. The third kappa shape index (κ3) is 6.27. The van der Waals surface area contributed by atoms with Gasteiger partial charge in [0.25, 0.3) is 17.4 Å². The van der Waals surface area contributed by atoms with E-state index in [0.717, 1.165) is 23.6 Å². The van der Waals surface area contributed by atoms with Crippen LogP contribution < -0.4 is 10.9 Å². The van der Waals surface area contributed by atoms with Gasteiger partial charge in [0.1, 0.15) is 15.8 Å². The molecule has 0 bridgehead atoms. The fourth-order valence-electron chi connectivity index (χ4n) is 3.39. The average molecular weight is 523 g/mol. The predicted octanol–water partition coefficient (Wildman–Crippen LogP) is 4.40. The van der Waals surface area contributed by atoms with Crippen LogP contribution in [0.2, 0.25) is 0 Å². The summed E-state index contributed by atoms with van der Waals surface area (Å²) >= 11 is 6.66. The standard InChI is InChI=1S/C24H22N4O2S2.C2H4O2/c1-4-11-25-20-18(22(29)27-12-5-6-16(3)21(27)26-20)13-19-23(30)28(24(31)32-19)14-17-9-7-15(2)8-10-17;1-2(3)4/h4-10,12-13,25H,1,11,14H2,2-3H3;1H3,(H,3,4). The molecule has 1 aliphatic rings. The molecule has 4 rings (SSSR count). The second kappa shape index (κ2) is 11.8. The molecular formula is C26H26N4O4S2. The minimum absolute atomic E-state index is 0.219. The molecule has 0 spiro atoms. The third-order valence-corrected chi connectivity index (χ3v) is 6.49. The molecule has 186 valence electrons. The van der Waals surface area contributed by atoms with Gasteiger partial charge in [0, 0.05) is 19.7 Å². The topological polar surface area (TPSA) is 104 Å². The maximum absolute atomic E-state index is 13.3. The van der Waals surface area contributed by atoms with Crippen molar-refractivity contribution in [3.8, 4) is 0 Å². The van der Waals surface area contributed by atoms with E-state index in [1.165, 1.54) is 16.2 Å². The molecule has 3 heterocycles. The van der Waals surface area contributed by atoms with Crippen LogP contribution in [0.25, 0.3) is 11.7 Å². The maximum Gasteiger partial charge on any atom is 0.300 e. The number of aryl methyl sites for hydroxylation is 2. The fourth-order valence-corrected chi connectivity index (χ4v) is 4.63. The number of fused-ring (bicyclic) bond motifs is 1. The highest BCUT2D eigenvalue weighted by Gasteiger charge is 2.32. The molecule has 36 heavy (non-hydrogen) atoms. The third-order valence-electron chi connectivity index (χ3n) is 5.11. The Morgan fingerprint density at radius 1 is 1.22 bits per heavy atom. The number of thiocarbonyl (C=S) groups is 1.